The Balaban J connectivity index is 1.77. The monoisotopic (exact) mass is 178 g/mol. The van der Waals surface area contributed by atoms with E-state index >= 15 is 0 Å². The van der Waals surface area contributed by atoms with Crippen LogP contribution in [0.5, 0.6) is 0 Å². The van der Waals surface area contributed by atoms with Gasteiger partial charge in [-0.05, 0) is 61.7 Å². The van der Waals surface area contributed by atoms with Crippen LogP contribution in [0.4, 0.5) is 0 Å². The lowest BCUT2D eigenvalue weighted by atomic mass is 9.58. The summed E-state index contributed by atoms with van der Waals surface area (Å²) in [4.78, 5) is 0. The van der Waals surface area contributed by atoms with Crippen molar-refractivity contribution >= 4 is 0 Å². The molecule has 3 rings (SSSR count). The molecule has 0 radical (unpaired) electrons. The molecule has 0 amide bonds. The van der Waals surface area contributed by atoms with Crippen LogP contribution in [0.2, 0.25) is 0 Å². The van der Waals surface area contributed by atoms with Crippen molar-refractivity contribution in [2.45, 2.75) is 64.7 Å². The Morgan fingerprint density at radius 1 is 0.923 bits per heavy atom. The smallest absolute Gasteiger partial charge is 0.0266 e. The van der Waals surface area contributed by atoms with E-state index in [0.29, 0.717) is 0 Å². The predicted octanol–water partition coefficient (Wildman–Crippen LogP) is 4.15. The molecule has 0 aromatic carbocycles. The van der Waals surface area contributed by atoms with Gasteiger partial charge in [0.2, 0.25) is 0 Å². The van der Waals surface area contributed by atoms with Crippen molar-refractivity contribution in [3.05, 3.63) is 0 Å². The van der Waals surface area contributed by atoms with Gasteiger partial charge in [-0.25, -0.2) is 0 Å². The predicted molar refractivity (Wildman–Crippen MR) is 55.6 cm³/mol. The third-order valence-electron chi connectivity index (χ3n) is 5.67. The molecule has 0 nitrogen and oxygen atoms in total. The zero-order valence-corrected chi connectivity index (χ0v) is 8.94. The average molecular weight is 178 g/mol. The SMILES string of the molecule is CC1CCC12CCC1(CCCC1)C2. The fraction of sp³-hybridized carbons (Fsp3) is 1.00. The first-order valence-electron chi connectivity index (χ1n) is 6.25. The maximum absolute atomic E-state index is 2.50. The lowest BCUT2D eigenvalue weighted by Gasteiger charge is -2.47. The second-order valence-electron chi connectivity index (χ2n) is 6.19. The Labute approximate surface area is 82.1 Å². The number of hydrogen-bond acceptors (Lipinski definition) is 0. The van der Waals surface area contributed by atoms with Crippen molar-refractivity contribution in [2.75, 3.05) is 0 Å². The second kappa shape index (κ2) is 2.52. The van der Waals surface area contributed by atoms with E-state index in [1.807, 2.05) is 0 Å². The van der Waals surface area contributed by atoms with E-state index in [2.05, 4.69) is 6.92 Å². The molecule has 74 valence electrons. The van der Waals surface area contributed by atoms with Crippen molar-refractivity contribution in [3.63, 3.8) is 0 Å². The van der Waals surface area contributed by atoms with E-state index in [1.165, 1.54) is 19.3 Å². The molecule has 2 unspecified atom stereocenters. The third kappa shape index (κ3) is 1.04. The first-order chi connectivity index (χ1) is 6.25. The van der Waals surface area contributed by atoms with Crippen LogP contribution in [0.3, 0.4) is 0 Å². The molecule has 0 aliphatic heterocycles. The maximum atomic E-state index is 2.50. The normalized spacial score (nSPS) is 47.3. The standard InChI is InChI=1S/C13H22/c1-11-4-7-13(11)9-8-12(10-13)5-2-3-6-12/h11H,2-10H2,1H3. The summed E-state index contributed by atoms with van der Waals surface area (Å²) in [6.07, 6.45) is 14.1. The fourth-order valence-corrected chi connectivity index (χ4v) is 4.46. The van der Waals surface area contributed by atoms with E-state index in [9.17, 15) is 0 Å². The van der Waals surface area contributed by atoms with Gasteiger partial charge in [-0.3, -0.25) is 0 Å². The molecule has 13 heavy (non-hydrogen) atoms. The lowest BCUT2D eigenvalue weighted by molar-refractivity contribution is 0.0365. The summed E-state index contributed by atoms with van der Waals surface area (Å²) in [7, 11) is 0. The molecule has 0 N–H and O–H groups in total. The Bertz CT molecular complexity index is 208. The first kappa shape index (κ1) is 8.32. The highest BCUT2D eigenvalue weighted by Gasteiger charge is 2.54. The quantitative estimate of drug-likeness (QED) is 0.523. The summed E-state index contributed by atoms with van der Waals surface area (Å²) in [5, 5.41) is 0. The third-order valence-corrected chi connectivity index (χ3v) is 5.67. The Hall–Kier alpha value is 0. The zero-order valence-electron chi connectivity index (χ0n) is 8.94. The minimum atomic E-state index is 0.852. The molecule has 3 saturated carbocycles. The van der Waals surface area contributed by atoms with Gasteiger partial charge < -0.3 is 0 Å². The summed E-state index contributed by atoms with van der Waals surface area (Å²) in [6.45, 7) is 2.50. The highest BCUT2D eigenvalue weighted by molar-refractivity contribution is 5.05. The second-order valence-corrected chi connectivity index (χ2v) is 6.19. The summed E-state index contributed by atoms with van der Waals surface area (Å²) in [5.74, 6) is 1.06. The van der Waals surface area contributed by atoms with E-state index in [4.69, 9.17) is 0 Å². The van der Waals surface area contributed by atoms with Gasteiger partial charge in [-0.1, -0.05) is 19.8 Å². The van der Waals surface area contributed by atoms with E-state index < -0.39 is 0 Å². The minimum Gasteiger partial charge on any atom is -0.0620 e. The Morgan fingerprint density at radius 2 is 1.69 bits per heavy atom. The van der Waals surface area contributed by atoms with Gasteiger partial charge in [-0.2, -0.15) is 0 Å². The van der Waals surface area contributed by atoms with Crippen molar-refractivity contribution in [2.24, 2.45) is 16.7 Å². The summed E-state index contributed by atoms with van der Waals surface area (Å²) in [6, 6.07) is 0. The molecule has 2 spiro atoms. The van der Waals surface area contributed by atoms with Crippen molar-refractivity contribution in [3.8, 4) is 0 Å². The summed E-state index contributed by atoms with van der Waals surface area (Å²) >= 11 is 0. The maximum Gasteiger partial charge on any atom is -0.0266 e. The van der Waals surface area contributed by atoms with Crippen molar-refractivity contribution < 1.29 is 0 Å². The summed E-state index contributed by atoms with van der Waals surface area (Å²) in [5.41, 5.74) is 1.71. The van der Waals surface area contributed by atoms with Gasteiger partial charge in [0, 0.05) is 0 Å². The molecule has 3 aliphatic rings. The van der Waals surface area contributed by atoms with Crippen LogP contribution in [-0.4, -0.2) is 0 Å². The average Bonchev–Trinajstić information content (AvgIpc) is 2.74. The van der Waals surface area contributed by atoms with Crippen LogP contribution in [-0.2, 0) is 0 Å². The van der Waals surface area contributed by atoms with Crippen LogP contribution in [0.15, 0.2) is 0 Å². The molecule has 0 aromatic rings. The van der Waals surface area contributed by atoms with E-state index in [-0.39, 0.29) is 0 Å². The first-order valence-corrected chi connectivity index (χ1v) is 6.25. The van der Waals surface area contributed by atoms with Crippen LogP contribution in [0.1, 0.15) is 64.7 Å². The number of rotatable bonds is 0. The van der Waals surface area contributed by atoms with Gasteiger partial charge in [0.05, 0.1) is 0 Å². The molecule has 0 aromatic heterocycles. The molecule has 0 bridgehead atoms. The molecule has 0 saturated heterocycles. The Morgan fingerprint density at radius 3 is 2.15 bits per heavy atom. The topological polar surface area (TPSA) is 0 Å². The molecule has 3 aliphatic carbocycles. The van der Waals surface area contributed by atoms with Crippen LogP contribution < -0.4 is 0 Å². The van der Waals surface area contributed by atoms with E-state index in [0.717, 1.165) is 16.7 Å². The fourth-order valence-electron chi connectivity index (χ4n) is 4.46. The van der Waals surface area contributed by atoms with Gasteiger partial charge in [0.15, 0.2) is 0 Å². The van der Waals surface area contributed by atoms with Crippen LogP contribution in [0.25, 0.3) is 0 Å². The van der Waals surface area contributed by atoms with Crippen LogP contribution >= 0.6 is 0 Å². The van der Waals surface area contributed by atoms with Gasteiger partial charge in [0.25, 0.3) is 0 Å². The molecule has 0 heteroatoms. The van der Waals surface area contributed by atoms with Gasteiger partial charge >= 0.3 is 0 Å². The lowest BCUT2D eigenvalue weighted by Crippen LogP contribution is -2.36. The van der Waals surface area contributed by atoms with E-state index in [1.54, 1.807) is 38.5 Å². The molecule has 0 heterocycles. The zero-order chi connectivity index (χ0) is 8.94. The molecular formula is C13H22. The minimum absolute atomic E-state index is 0.852. The molecule has 3 fully saturated rings. The number of hydrogen-bond donors (Lipinski definition) is 0. The van der Waals surface area contributed by atoms with Gasteiger partial charge in [0.1, 0.15) is 0 Å². The highest BCUT2D eigenvalue weighted by Crippen LogP contribution is 2.66. The molecular weight excluding hydrogens is 156 g/mol. The van der Waals surface area contributed by atoms with Crippen LogP contribution in [0, 0.1) is 16.7 Å². The van der Waals surface area contributed by atoms with Crippen molar-refractivity contribution in [1.29, 1.82) is 0 Å². The highest BCUT2D eigenvalue weighted by atomic mass is 14.6. The Kier molecular flexibility index (Phi) is 1.61. The van der Waals surface area contributed by atoms with Gasteiger partial charge in [-0.15, -0.1) is 0 Å². The van der Waals surface area contributed by atoms with Crippen molar-refractivity contribution in [1.82, 2.24) is 0 Å². The largest absolute Gasteiger partial charge is 0.0620 e. The summed E-state index contributed by atoms with van der Waals surface area (Å²) < 4.78 is 0. The molecule has 2 atom stereocenters.